The Kier molecular flexibility index (Phi) is 59.5. The predicted octanol–water partition coefficient (Wildman–Crippen LogP) is 21.3. The molecule has 0 fully saturated rings. The number of carbonyl (C=O) groups excluding carboxylic acids is 3. The van der Waals surface area contributed by atoms with Gasteiger partial charge in [-0.25, -0.2) is 0 Å². The smallest absolute Gasteiger partial charge is 0.306 e. The van der Waals surface area contributed by atoms with E-state index < -0.39 is 6.10 Å². The van der Waals surface area contributed by atoms with Gasteiger partial charge in [0.1, 0.15) is 13.2 Å². The molecule has 0 saturated heterocycles. The van der Waals surface area contributed by atoms with E-state index in [1.54, 1.807) is 0 Å². The van der Waals surface area contributed by atoms with Crippen LogP contribution in [0.15, 0.2) is 158 Å². The van der Waals surface area contributed by atoms with E-state index in [9.17, 15) is 14.4 Å². The minimum absolute atomic E-state index is 0.119. The number of hydrogen-bond donors (Lipinski definition) is 0. The molecule has 0 bridgehead atoms. The molecule has 0 aliphatic rings. The van der Waals surface area contributed by atoms with Crippen molar-refractivity contribution in [3.05, 3.63) is 158 Å². The molecule has 0 heterocycles. The van der Waals surface area contributed by atoms with Crippen molar-refractivity contribution in [3.8, 4) is 0 Å². The molecular weight excluding hydrogens is 949 g/mol. The maximum Gasteiger partial charge on any atom is 0.306 e. The van der Waals surface area contributed by atoms with Crippen LogP contribution in [-0.4, -0.2) is 37.2 Å². The molecule has 0 amide bonds. The molecule has 0 radical (unpaired) electrons. The predicted molar refractivity (Wildman–Crippen MR) is 334 cm³/mol. The number of unbranched alkanes of at least 4 members (excludes halogenated alkanes) is 17. The lowest BCUT2D eigenvalue weighted by Crippen LogP contribution is -2.30. The van der Waals surface area contributed by atoms with Crippen molar-refractivity contribution in [3.63, 3.8) is 0 Å². The van der Waals surface area contributed by atoms with Gasteiger partial charge >= 0.3 is 17.9 Å². The Morgan fingerprint density at radius 3 is 0.870 bits per heavy atom. The van der Waals surface area contributed by atoms with Gasteiger partial charge in [-0.3, -0.25) is 14.4 Å². The van der Waals surface area contributed by atoms with Crippen LogP contribution in [0.2, 0.25) is 0 Å². The Morgan fingerprint density at radius 2 is 0.519 bits per heavy atom. The van der Waals surface area contributed by atoms with E-state index in [2.05, 4.69) is 179 Å². The SMILES string of the molecule is CC/C=C\C/C=C\C/C=C\C/C=C\C/C=C\C/C=C\C/C=C\C/C=C\C/C=C\CCCC(=O)OCC(COC(=O)CCCCC/C=C\C/C=C\C/C=C\CC)OC(=O)CCCCCCCCC/C=C\CCCCCCCC. The van der Waals surface area contributed by atoms with Crippen molar-refractivity contribution in [1.82, 2.24) is 0 Å². The Morgan fingerprint density at radius 1 is 0.273 bits per heavy atom. The Bertz CT molecular complexity index is 1740. The first-order valence-corrected chi connectivity index (χ1v) is 31.0. The molecule has 0 aromatic rings. The molecule has 77 heavy (non-hydrogen) atoms. The third-order valence-corrected chi connectivity index (χ3v) is 12.5. The average Bonchev–Trinajstić information content (AvgIpc) is 3.43. The van der Waals surface area contributed by atoms with E-state index in [1.807, 2.05) is 0 Å². The summed E-state index contributed by atoms with van der Waals surface area (Å²) < 4.78 is 16.8. The first-order valence-electron chi connectivity index (χ1n) is 31.0. The fourth-order valence-electron chi connectivity index (χ4n) is 7.92. The summed E-state index contributed by atoms with van der Waals surface area (Å²) in [6.07, 6.45) is 92.5. The van der Waals surface area contributed by atoms with Crippen molar-refractivity contribution in [2.45, 2.75) is 258 Å². The minimum atomic E-state index is -0.824. The third kappa shape index (κ3) is 61.8. The molecule has 0 aliphatic carbocycles. The van der Waals surface area contributed by atoms with E-state index >= 15 is 0 Å². The molecule has 0 spiro atoms. The Hall–Kier alpha value is -4.97. The van der Waals surface area contributed by atoms with Gasteiger partial charge in [-0.1, -0.05) is 249 Å². The standard InChI is InChI=1S/C71H112O6/c1-4-7-10-13-16-19-22-25-27-29-30-31-32-33-34-35-36-37-38-39-40-42-43-46-49-52-55-58-61-64-70(73)76-67-68(66-75-69(72)63-60-57-54-51-48-45-24-21-18-15-12-9-6-3)77-71(74)65-62-59-56-53-50-47-44-41-28-26-23-20-17-14-11-8-5-2/h7,9-10,12,16,18-19,21,25-28,30-31,33-34,36-37,39-40,43,45-46,48,52,55,68H,4-6,8,11,13-15,17,20,22-24,29,32,35,38,41-42,44,47,49-51,53-54,56-67H2,1-3H3/b10-7-,12-9-,19-16-,21-18-,27-25-,28-26-,31-30-,34-33-,37-36-,40-39-,46-43-,48-45-,55-52-. The van der Waals surface area contributed by atoms with E-state index in [4.69, 9.17) is 14.2 Å². The maximum atomic E-state index is 12.9. The van der Waals surface area contributed by atoms with Crippen molar-refractivity contribution in [2.24, 2.45) is 0 Å². The highest BCUT2D eigenvalue weighted by Crippen LogP contribution is 2.14. The second-order valence-electron chi connectivity index (χ2n) is 19.8. The van der Waals surface area contributed by atoms with Gasteiger partial charge in [0.2, 0.25) is 0 Å². The Balaban J connectivity index is 4.48. The van der Waals surface area contributed by atoms with Gasteiger partial charge in [0.05, 0.1) is 0 Å². The lowest BCUT2D eigenvalue weighted by atomic mass is 10.1. The molecule has 0 aromatic carbocycles. The second kappa shape index (κ2) is 63.6. The summed E-state index contributed by atoms with van der Waals surface area (Å²) in [6, 6.07) is 0. The highest BCUT2D eigenvalue weighted by atomic mass is 16.6. The van der Waals surface area contributed by atoms with Crippen molar-refractivity contribution < 1.29 is 28.6 Å². The van der Waals surface area contributed by atoms with Crippen LogP contribution in [0.5, 0.6) is 0 Å². The quantitative estimate of drug-likeness (QED) is 0.0261. The number of carbonyl (C=O) groups is 3. The lowest BCUT2D eigenvalue weighted by molar-refractivity contribution is -0.167. The molecule has 0 N–H and O–H groups in total. The van der Waals surface area contributed by atoms with Gasteiger partial charge in [-0.05, 0) is 141 Å². The highest BCUT2D eigenvalue weighted by Gasteiger charge is 2.19. The number of esters is 3. The molecular formula is C71H112O6. The molecule has 0 rings (SSSR count). The number of allylic oxidation sites excluding steroid dienone is 26. The van der Waals surface area contributed by atoms with Crippen LogP contribution < -0.4 is 0 Å². The van der Waals surface area contributed by atoms with Gasteiger partial charge in [-0.15, -0.1) is 0 Å². The van der Waals surface area contributed by atoms with Crippen LogP contribution in [-0.2, 0) is 28.6 Å². The largest absolute Gasteiger partial charge is 0.462 e. The summed E-state index contributed by atoms with van der Waals surface area (Å²) in [4.78, 5) is 38.2. The monoisotopic (exact) mass is 1060 g/mol. The average molecular weight is 1060 g/mol. The topological polar surface area (TPSA) is 78.9 Å². The molecule has 0 aliphatic heterocycles. The molecule has 1 atom stereocenters. The summed E-state index contributed by atoms with van der Waals surface area (Å²) in [5.74, 6) is -1.02. The summed E-state index contributed by atoms with van der Waals surface area (Å²) >= 11 is 0. The lowest BCUT2D eigenvalue weighted by Gasteiger charge is -2.18. The van der Waals surface area contributed by atoms with Gasteiger partial charge < -0.3 is 14.2 Å². The fraction of sp³-hybridized carbons (Fsp3) is 0.592. The Labute approximate surface area is 473 Å². The number of rotatable bonds is 54. The minimum Gasteiger partial charge on any atom is -0.462 e. The van der Waals surface area contributed by atoms with E-state index in [0.29, 0.717) is 19.3 Å². The number of ether oxygens (including phenoxy) is 3. The zero-order valence-electron chi connectivity index (χ0n) is 49.4. The molecule has 1 unspecified atom stereocenters. The summed E-state index contributed by atoms with van der Waals surface area (Å²) in [6.45, 7) is 6.32. The van der Waals surface area contributed by atoms with E-state index in [1.165, 1.54) is 77.0 Å². The summed E-state index contributed by atoms with van der Waals surface area (Å²) in [5, 5.41) is 0. The highest BCUT2D eigenvalue weighted by molar-refractivity contribution is 5.71. The third-order valence-electron chi connectivity index (χ3n) is 12.5. The van der Waals surface area contributed by atoms with Crippen molar-refractivity contribution in [1.29, 1.82) is 0 Å². The fourth-order valence-corrected chi connectivity index (χ4v) is 7.92. The van der Waals surface area contributed by atoms with E-state index in [0.717, 1.165) is 128 Å². The van der Waals surface area contributed by atoms with Crippen LogP contribution in [0, 0.1) is 0 Å². The summed E-state index contributed by atoms with van der Waals surface area (Å²) in [7, 11) is 0. The molecule has 0 saturated carbocycles. The molecule has 432 valence electrons. The van der Waals surface area contributed by atoms with Gasteiger partial charge in [0.25, 0.3) is 0 Å². The second-order valence-corrected chi connectivity index (χ2v) is 19.8. The van der Waals surface area contributed by atoms with Crippen molar-refractivity contribution in [2.75, 3.05) is 13.2 Å². The van der Waals surface area contributed by atoms with Crippen LogP contribution in [0.4, 0.5) is 0 Å². The zero-order chi connectivity index (χ0) is 55.7. The summed E-state index contributed by atoms with van der Waals surface area (Å²) in [5.41, 5.74) is 0. The normalized spacial score (nSPS) is 13.2. The molecule has 0 aromatic heterocycles. The zero-order valence-corrected chi connectivity index (χ0v) is 49.4. The van der Waals surface area contributed by atoms with Gasteiger partial charge in [-0.2, -0.15) is 0 Å². The number of hydrogen-bond acceptors (Lipinski definition) is 6. The maximum absolute atomic E-state index is 12.9. The van der Waals surface area contributed by atoms with Gasteiger partial charge in [0.15, 0.2) is 6.10 Å². The van der Waals surface area contributed by atoms with Crippen LogP contribution >= 0.6 is 0 Å². The van der Waals surface area contributed by atoms with Crippen LogP contribution in [0.3, 0.4) is 0 Å². The first-order chi connectivity index (χ1) is 38.0. The molecule has 6 heteroatoms. The van der Waals surface area contributed by atoms with Crippen molar-refractivity contribution >= 4 is 17.9 Å². The van der Waals surface area contributed by atoms with Crippen LogP contribution in [0.25, 0.3) is 0 Å². The van der Waals surface area contributed by atoms with Crippen LogP contribution in [0.1, 0.15) is 252 Å². The van der Waals surface area contributed by atoms with E-state index in [-0.39, 0.29) is 37.5 Å². The first kappa shape index (κ1) is 72.0. The van der Waals surface area contributed by atoms with Gasteiger partial charge in [0, 0.05) is 19.3 Å². The molecule has 6 nitrogen and oxygen atoms in total.